The minimum absolute atomic E-state index is 0.0417. The fourth-order valence-electron chi connectivity index (χ4n) is 2.78. The third-order valence-corrected chi connectivity index (χ3v) is 4.20. The number of ether oxygens (including phenoxy) is 1. The van der Waals surface area contributed by atoms with Crippen molar-refractivity contribution in [3.8, 4) is 22.6 Å². The number of nitrogens with two attached hydrogens (primary N) is 1. The van der Waals surface area contributed by atoms with Crippen LogP contribution in [0.1, 0.15) is 32.6 Å². The summed E-state index contributed by atoms with van der Waals surface area (Å²) in [6, 6.07) is 15.2. The molecule has 2 aromatic carbocycles. The van der Waals surface area contributed by atoms with Gasteiger partial charge in [0.25, 0.3) is 5.69 Å². The van der Waals surface area contributed by atoms with Gasteiger partial charge in [-0.1, -0.05) is 41.9 Å². The minimum Gasteiger partial charge on any atom is -0.354 e. The van der Waals surface area contributed by atoms with E-state index >= 15 is 0 Å². The van der Waals surface area contributed by atoms with Crippen molar-refractivity contribution in [1.29, 1.82) is 0 Å². The minimum atomic E-state index is -0.594. The molecule has 0 radical (unpaired) electrons. The number of non-ortho nitro benzene ring substituents is 1. The molecule has 0 spiro atoms. The van der Waals surface area contributed by atoms with Crippen LogP contribution in [0, 0.1) is 10.1 Å². The van der Waals surface area contributed by atoms with Crippen LogP contribution in [0.2, 0.25) is 5.15 Å². The molecular weight excluding hydrogens is 392 g/mol. The standard InChI is InChI=1S/C21H21ClN4O3/c1-21(2,3)29-19(23)14-7-4-6-13(10-14)17-12-18(22)25-20(24-17)15-8-5-9-16(11-15)26(27)28/h4-12,19H,23H2,1-3H3. The zero-order chi connectivity index (χ0) is 21.2. The molecule has 1 aromatic heterocycles. The van der Waals surface area contributed by atoms with Gasteiger partial charge < -0.3 is 10.5 Å². The van der Waals surface area contributed by atoms with E-state index in [1.54, 1.807) is 18.2 Å². The summed E-state index contributed by atoms with van der Waals surface area (Å²) in [5, 5.41) is 11.3. The van der Waals surface area contributed by atoms with Crippen molar-refractivity contribution in [2.75, 3.05) is 0 Å². The van der Waals surface area contributed by atoms with Gasteiger partial charge in [-0.3, -0.25) is 10.1 Å². The summed E-state index contributed by atoms with van der Waals surface area (Å²) >= 11 is 6.21. The van der Waals surface area contributed by atoms with E-state index in [1.165, 1.54) is 12.1 Å². The number of halogens is 1. The lowest BCUT2D eigenvalue weighted by molar-refractivity contribution is -0.384. The van der Waals surface area contributed by atoms with Crippen molar-refractivity contribution >= 4 is 17.3 Å². The number of hydrogen-bond acceptors (Lipinski definition) is 6. The first-order valence-corrected chi connectivity index (χ1v) is 9.33. The molecule has 1 unspecified atom stereocenters. The Hall–Kier alpha value is -2.87. The second kappa shape index (κ2) is 8.24. The topological polar surface area (TPSA) is 104 Å². The summed E-state index contributed by atoms with van der Waals surface area (Å²) < 4.78 is 5.82. The van der Waals surface area contributed by atoms with Gasteiger partial charge in [0.1, 0.15) is 11.4 Å². The van der Waals surface area contributed by atoms with Crippen LogP contribution in [-0.2, 0) is 4.74 Å². The van der Waals surface area contributed by atoms with Crippen molar-refractivity contribution in [3.05, 3.63) is 75.4 Å². The first kappa shape index (κ1) is 20.9. The number of nitro benzene ring substituents is 1. The summed E-state index contributed by atoms with van der Waals surface area (Å²) in [7, 11) is 0. The number of benzene rings is 2. The molecule has 1 atom stereocenters. The lowest BCUT2D eigenvalue weighted by Crippen LogP contribution is -2.27. The van der Waals surface area contributed by atoms with Crippen LogP contribution in [0.25, 0.3) is 22.6 Å². The Kier molecular flexibility index (Phi) is 5.93. The van der Waals surface area contributed by atoms with Crippen LogP contribution in [-0.4, -0.2) is 20.5 Å². The summed E-state index contributed by atoms with van der Waals surface area (Å²) in [4.78, 5) is 19.4. The van der Waals surface area contributed by atoms with E-state index in [0.29, 0.717) is 17.1 Å². The molecule has 0 aliphatic rings. The van der Waals surface area contributed by atoms with Crippen molar-refractivity contribution in [3.63, 3.8) is 0 Å². The van der Waals surface area contributed by atoms with E-state index in [1.807, 2.05) is 45.0 Å². The average molecular weight is 413 g/mol. The second-order valence-corrected chi connectivity index (χ2v) is 7.87. The zero-order valence-corrected chi connectivity index (χ0v) is 17.1. The van der Waals surface area contributed by atoms with Crippen LogP contribution in [0.3, 0.4) is 0 Å². The Labute approximate surface area is 173 Å². The van der Waals surface area contributed by atoms with E-state index < -0.39 is 11.2 Å². The molecule has 0 aliphatic carbocycles. The molecule has 3 aromatic rings. The summed E-state index contributed by atoms with van der Waals surface area (Å²) in [6.07, 6.45) is -0.594. The zero-order valence-electron chi connectivity index (χ0n) is 16.3. The number of nitrogens with zero attached hydrogens (tertiary/aromatic N) is 3. The summed E-state index contributed by atoms with van der Waals surface area (Å²) in [5.41, 5.74) is 8.42. The van der Waals surface area contributed by atoms with Gasteiger partial charge in [-0.25, -0.2) is 9.97 Å². The number of rotatable bonds is 5. The van der Waals surface area contributed by atoms with Crippen molar-refractivity contribution in [2.45, 2.75) is 32.6 Å². The fourth-order valence-corrected chi connectivity index (χ4v) is 2.96. The Balaban J connectivity index is 2.00. The van der Waals surface area contributed by atoms with E-state index in [0.717, 1.165) is 11.1 Å². The van der Waals surface area contributed by atoms with Gasteiger partial charge in [0.15, 0.2) is 5.82 Å². The van der Waals surface area contributed by atoms with Crippen LogP contribution < -0.4 is 5.73 Å². The fraction of sp³-hybridized carbons (Fsp3) is 0.238. The van der Waals surface area contributed by atoms with Crippen LogP contribution >= 0.6 is 11.6 Å². The highest BCUT2D eigenvalue weighted by molar-refractivity contribution is 6.29. The third kappa shape index (κ3) is 5.35. The van der Waals surface area contributed by atoms with Crippen LogP contribution in [0.15, 0.2) is 54.6 Å². The third-order valence-electron chi connectivity index (χ3n) is 4.00. The summed E-state index contributed by atoms with van der Waals surface area (Å²) in [5.74, 6) is 0.303. The highest BCUT2D eigenvalue weighted by atomic mass is 35.5. The lowest BCUT2D eigenvalue weighted by Gasteiger charge is -2.25. The Morgan fingerprint density at radius 3 is 2.45 bits per heavy atom. The highest BCUT2D eigenvalue weighted by Gasteiger charge is 2.18. The SMILES string of the molecule is CC(C)(C)OC(N)c1cccc(-c2cc(Cl)nc(-c3cccc([N+](=O)[O-])c3)n2)c1. The maximum absolute atomic E-state index is 11.1. The molecular formula is C21H21ClN4O3. The Morgan fingerprint density at radius 1 is 1.07 bits per heavy atom. The second-order valence-electron chi connectivity index (χ2n) is 7.48. The molecule has 1 heterocycles. The van der Waals surface area contributed by atoms with Gasteiger partial charge in [-0.2, -0.15) is 0 Å². The largest absolute Gasteiger partial charge is 0.354 e. The molecule has 0 saturated carbocycles. The number of aromatic nitrogens is 2. The summed E-state index contributed by atoms with van der Waals surface area (Å²) in [6.45, 7) is 5.81. The van der Waals surface area contributed by atoms with Gasteiger partial charge >= 0.3 is 0 Å². The lowest BCUT2D eigenvalue weighted by atomic mass is 10.1. The van der Waals surface area contributed by atoms with E-state index in [-0.39, 0.29) is 16.4 Å². The van der Waals surface area contributed by atoms with Gasteiger partial charge in [0.2, 0.25) is 0 Å². The predicted molar refractivity (Wildman–Crippen MR) is 112 cm³/mol. The van der Waals surface area contributed by atoms with E-state index in [4.69, 9.17) is 22.1 Å². The maximum atomic E-state index is 11.1. The van der Waals surface area contributed by atoms with Crippen LogP contribution in [0.4, 0.5) is 5.69 Å². The molecule has 0 amide bonds. The first-order chi connectivity index (χ1) is 13.6. The monoisotopic (exact) mass is 412 g/mol. The molecule has 29 heavy (non-hydrogen) atoms. The van der Waals surface area contributed by atoms with Gasteiger partial charge in [-0.15, -0.1) is 0 Å². The highest BCUT2D eigenvalue weighted by Crippen LogP contribution is 2.28. The molecule has 8 heteroatoms. The molecule has 0 saturated heterocycles. The molecule has 7 nitrogen and oxygen atoms in total. The maximum Gasteiger partial charge on any atom is 0.270 e. The number of hydrogen-bond donors (Lipinski definition) is 1. The average Bonchev–Trinajstić information content (AvgIpc) is 2.66. The Morgan fingerprint density at radius 2 is 1.76 bits per heavy atom. The molecule has 3 rings (SSSR count). The molecule has 150 valence electrons. The van der Waals surface area contributed by atoms with Crippen LogP contribution in [0.5, 0.6) is 0 Å². The smallest absolute Gasteiger partial charge is 0.270 e. The molecule has 0 fully saturated rings. The van der Waals surface area contributed by atoms with Crippen molar-refractivity contribution in [1.82, 2.24) is 9.97 Å². The Bertz CT molecular complexity index is 1050. The number of nitro groups is 1. The van der Waals surface area contributed by atoms with E-state index in [9.17, 15) is 10.1 Å². The van der Waals surface area contributed by atoms with E-state index in [2.05, 4.69) is 9.97 Å². The predicted octanol–water partition coefficient (Wildman–Crippen LogP) is 5.14. The normalized spacial score (nSPS) is 12.6. The molecule has 0 aliphatic heterocycles. The quantitative estimate of drug-likeness (QED) is 0.269. The molecule has 0 bridgehead atoms. The van der Waals surface area contributed by atoms with Gasteiger partial charge in [-0.05, 0) is 32.4 Å². The first-order valence-electron chi connectivity index (χ1n) is 8.95. The molecule has 2 N–H and O–H groups in total. The van der Waals surface area contributed by atoms with Crippen molar-refractivity contribution in [2.24, 2.45) is 5.73 Å². The van der Waals surface area contributed by atoms with Crippen molar-refractivity contribution < 1.29 is 9.66 Å². The van der Waals surface area contributed by atoms with Gasteiger partial charge in [0.05, 0.1) is 16.2 Å². The van der Waals surface area contributed by atoms with Gasteiger partial charge in [0, 0.05) is 29.3 Å².